The average Bonchev–Trinajstić information content (AvgIpc) is 3.30. The normalized spacial score (nSPS) is 16.4. The van der Waals surface area contributed by atoms with E-state index in [1.807, 2.05) is 0 Å². The number of nitrogens with zero attached hydrogens (tertiary/aromatic N) is 2. The number of ether oxygens (including phenoxy) is 1. The van der Waals surface area contributed by atoms with Gasteiger partial charge in [-0.25, -0.2) is 4.79 Å². The summed E-state index contributed by atoms with van der Waals surface area (Å²) in [5.41, 5.74) is -0.732. The second kappa shape index (κ2) is 5.79. The monoisotopic (exact) mass is 289 g/mol. The molecule has 1 atom stereocenters. The van der Waals surface area contributed by atoms with Crippen molar-refractivity contribution in [2.24, 2.45) is 5.92 Å². The fraction of sp³-hybridized carbons (Fsp3) is 0.429. The van der Waals surface area contributed by atoms with Gasteiger partial charge in [0.1, 0.15) is 5.54 Å². The van der Waals surface area contributed by atoms with Gasteiger partial charge in [0.25, 0.3) is 5.91 Å². The van der Waals surface area contributed by atoms with Crippen molar-refractivity contribution in [1.29, 1.82) is 5.26 Å². The van der Waals surface area contributed by atoms with E-state index in [0.29, 0.717) is 4.73 Å². The lowest BCUT2D eigenvalue weighted by Crippen LogP contribution is -2.48. The number of aromatic nitrogens is 1. The third kappa shape index (κ3) is 3.69. The summed E-state index contributed by atoms with van der Waals surface area (Å²) < 4.78 is 5.39. The van der Waals surface area contributed by atoms with Gasteiger partial charge in [0.05, 0.1) is 11.6 Å². The molecule has 1 amide bonds. The molecule has 7 heteroatoms. The first-order valence-electron chi connectivity index (χ1n) is 6.53. The summed E-state index contributed by atoms with van der Waals surface area (Å²) >= 11 is 0. The van der Waals surface area contributed by atoms with Gasteiger partial charge in [0.15, 0.2) is 19.0 Å². The van der Waals surface area contributed by atoms with E-state index in [0.717, 1.165) is 25.2 Å². The average molecular weight is 289 g/mol. The number of nitrogens with one attached hydrogen (secondary N) is 1. The van der Waals surface area contributed by atoms with E-state index in [1.165, 1.54) is 12.1 Å². The lowest BCUT2D eigenvalue weighted by Gasteiger charge is -2.22. The van der Waals surface area contributed by atoms with Crippen LogP contribution in [-0.2, 0) is 9.53 Å². The van der Waals surface area contributed by atoms with E-state index >= 15 is 0 Å². The molecule has 1 unspecified atom stereocenters. The van der Waals surface area contributed by atoms with Crippen LogP contribution in [0.1, 0.15) is 30.1 Å². The van der Waals surface area contributed by atoms with Crippen molar-refractivity contribution >= 4 is 11.9 Å². The maximum absolute atomic E-state index is 11.7. The Morgan fingerprint density at radius 3 is 2.67 bits per heavy atom. The van der Waals surface area contributed by atoms with Crippen LogP contribution in [0.5, 0.6) is 0 Å². The van der Waals surface area contributed by atoms with E-state index in [1.54, 1.807) is 6.92 Å². The van der Waals surface area contributed by atoms with Crippen molar-refractivity contribution in [3.05, 3.63) is 35.3 Å². The van der Waals surface area contributed by atoms with Gasteiger partial charge in [-0.15, -0.1) is 0 Å². The molecule has 1 N–H and O–H groups in total. The molecule has 0 aromatic carbocycles. The molecular formula is C14H15N3O4. The summed E-state index contributed by atoms with van der Waals surface area (Å²) in [5.74, 6) is -1.06. The largest absolute Gasteiger partial charge is 0.619 e. The first-order chi connectivity index (χ1) is 9.94. The molecule has 1 heterocycles. The maximum Gasteiger partial charge on any atom is 0.339 e. The van der Waals surface area contributed by atoms with Crippen LogP contribution in [0.2, 0.25) is 0 Å². The van der Waals surface area contributed by atoms with E-state index in [9.17, 15) is 14.8 Å². The minimum Gasteiger partial charge on any atom is -0.619 e. The second-order valence-electron chi connectivity index (χ2n) is 5.16. The van der Waals surface area contributed by atoms with Crippen LogP contribution in [0.4, 0.5) is 0 Å². The van der Waals surface area contributed by atoms with Gasteiger partial charge < -0.3 is 15.3 Å². The third-order valence-corrected chi connectivity index (χ3v) is 3.40. The molecule has 110 valence electrons. The van der Waals surface area contributed by atoms with Crippen LogP contribution < -0.4 is 10.0 Å². The van der Waals surface area contributed by atoms with Crippen molar-refractivity contribution < 1.29 is 19.1 Å². The van der Waals surface area contributed by atoms with Gasteiger partial charge in [-0.1, -0.05) is 0 Å². The Bertz CT molecular complexity index is 589. The number of carbonyl (C=O) groups is 2. The smallest absolute Gasteiger partial charge is 0.339 e. The minimum atomic E-state index is -0.912. The number of hydrogen-bond acceptors (Lipinski definition) is 5. The number of nitriles is 1. The lowest BCUT2D eigenvalue weighted by molar-refractivity contribution is -0.605. The SMILES string of the molecule is CC(C#N)(NC(=O)COC(=O)c1cc[n+]([O-])cc1)C1CC1. The molecule has 0 bridgehead atoms. The van der Waals surface area contributed by atoms with Crippen LogP contribution in [0.25, 0.3) is 0 Å². The minimum absolute atomic E-state index is 0.156. The highest BCUT2D eigenvalue weighted by Crippen LogP contribution is 2.39. The van der Waals surface area contributed by atoms with E-state index in [-0.39, 0.29) is 11.5 Å². The van der Waals surface area contributed by atoms with Gasteiger partial charge in [0.2, 0.25) is 0 Å². The summed E-state index contributed by atoms with van der Waals surface area (Å²) in [4.78, 5) is 23.4. The number of rotatable bonds is 5. The first kappa shape index (κ1) is 14.8. The zero-order chi connectivity index (χ0) is 15.5. The molecule has 1 aliphatic carbocycles. The Labute approximate surface area is 121 Å². The highest BCUT2D eigenvalue weighted by molar-refractivity contribution is 5.91. The molecule has 1 saturated carbocycles. The topological polar surface area (TPSA) is 106 Å². The molecule has 7 nitrogen and oxygen atoms in total. The molecule has 0 aliphatic heterocycles. The zero-order valence-corrected chi connectivity index (χ0v) is 11.5. The molecular weight excluding hydrogens is 274 g/mol. The highest BCUT2D eigenvalue weighted by Gasteiger charge is 2.43. The van der Waals surface area contributed by atoms with E-state index in [4.69, 9.17) is 10.00 Å². The standard InChI is InChI=1S/C14H15N3O4/c1-14(9-15,11-2-3-11)16-12(18)8-21-13(19)10-4-6-17(20)7-5-10/h4-7,11H,2-3,8H2,1H3,(H,16,18). The molecule has 0 spiro atoms. The molecule has 1 aliphatic rings. The predicted molar refractivity (Wildman–Crippen MR) is 70.6 cm³/mol. The summed E-state index contributed by atoms with van der Waals surface area (Å²) in [6.45, 7) is 1.20. The number of esters is 1. The summed E-state index contributed by atoms with van der Waals surface area (Å²) in [7, 11) is 0. The quantitative estimate of drug-likeness (QED) is 0.476. The van der Waals surface area contributed by atoms with Crippen LogP contribution in [0, 0.1) is 22.5 Å². The van der Waals surface area contributed by atoms with E-state index < -0.39 is 24.0 Å². The fourth-order valence-corrected chi connectivity index (χ4v) is 1.97. The Hall–Kier alpha value is -2.62. The van der Waals surface area contributed by atoms with Crippen LogP contribution in [-0.4, -0.2) is 24.0 Å². The highest BCUT2D eigenvalue weighted by atomic mass is 16.5. The van der Waals surface area contributed by atoms with Crippen molar-refractivity contribution in [2.75, 3.05) is 6.61 Å². The molecule has 1 fully saturated rings. The molecule has 0 saturated heterocycles. The fourth-order valence-electron chi connectivity index (χ4n) is 1.97. The van der Waals surface area contributed by atoms with Gasteiger partial charge >= 0.3 is 5.97 Å². The van der Waals surface area contributed by atoms with Crippen molar-refractivity contribution in [1.82, 2.24) is 5.32 Å². The van der Waals surface area contributed by atoms with Crippen LogP contribution >= 0.6 is 0 Å². The Balaban J connectivity index is 1.85. The predicted octanol–water partition coefficient (Wildman–Crippen LogP) is 0.285. The Kier molecular flexibility index (Phi) is 4.08. The first-order valence-corrected chi connectivity index (χ1v) is 6.53. The molecule has 1 aromatic rings. The lowest BCUT2D eigenvalue weighted by atomic mass is 9.98. The summed E-state index contributed by atoms with van der Waals surface area (Å²) in [6.07, 6.45) is 4.14. The maximum atomic E-state index is 11.7. The van der Waals surface area contributed by atoms with Gasteiger partial charge in [-0.05, 0) is 25.7 Å². The number of carbonyl (C=O) groups excluding carboxylic acids is 2. The van der Waals surface area contributed by atoms with Gasteiger partial charge in [0, 0.05) is 12.1 Å². The molecule has 1 aromatic heterocycles. The molecule has 0 radical (unpaired) electrons. The Morgan fingerprint density at radius 2 is 2.14 bits per heavy atom. The van der Waals surface area contributed by atoms with Gasteiger partial charge in [-0.2, -0.15) is 9.99 Å². The summed E-state index contributed by atoms with van der Waals surface area (Å²) in [6, 6.07) is 4.69. The van der Waals surface area contributed by atoms with E-state index in [2.05, 4.69) is 11.4 Å². The van der Waals surface area contributed by atoms with Crippen molar-refractivity contribution in [3.8, 4) is 6.07 Å². The van der Waals surface area contributed by atoms with Crippen molar-refractivity contribution in [2.45, 2.75) is 25.3 Å². The van der Waals surface area contributed by atoms with Crippen LogP contribution in [0.15, 0.2) is 24.5 Å². The second-order valence-corrected chi connectivity index (χ2v) is 5.16. The number of amides is 1. The van der Waals surface area contributed by atoms with Gasteiger partial charge in [-0.3, -0.25) is 4.79 Å². The zero-order valence-electron chi connectivity index (χ0n) is 11.5. The number of hydrogen-bond donors (Lipinski definition) is 1. The van der Waals surface area contributed by atoms with Crippen molar-refractivity contribution in [3.63, 3.8) is 0 Å². The van der Waals surface area contributed by atoms with Crippen LogP contribution in [0.3, 0.4) is 0 Å². The number of pyridine rings is 1. The Morgan fingerprint density at radius 1 is 1.52 bits per heavy atom. The summed E-state index contributed by atoms with van der Waals surface area (Å²) in [5, 5.41) is 22.6. The molecule has 21 heavy (non-hydrogen) atoms. The molecule has 2 rings (SSSR count). The third-order valence-electron chi connectivity index (χ3n) is 3.40.